The number of aromatic carboxylic acids is 2. The second-order valence-corrected chi connectivity index (χ2v) is 3.63. The lowest BCUT2D eigenvalue weighted by Gasteiger charge is -2.08. The summed E-state index contributed by atoms with van der Waals surface area (Å²) in [6.45, 7) is 4.26. The van der Waals surface area contributed by atoms with Crippen LogP contribution < -0.4 is 16.5 Å². The van der Waals surface area contributed by atoms with E-state index in [0.29, 0.717) is 0 Å². The summed E-state index contributed by atoms with van der Waals surface area (Å²) in [6, 6.07) is 2.45. The molecule has 0 saturated carbocycles. The molecule has 1 aromatic carbocycles. The van der Waals surface area contributed by atoms with Crippen LogP contribution in [0, 0.1) is 6.92 Å². The van der Waals surface area contributed by atoms with Crippen LogP contribution in [0.5, 0.6) is 5.75 Å². The molecular weight excluding hydrogens is 252 g/mol. The van der Waals surface area contributed by atoms with Gasteiger partial charge in [-0.2, -0.15) is 5.90 Å². The van der Waals surface area contributed by atoms with E-state index in [1.54, 1.807) is 0 Å². The summed E-state index contributed by atoms with van der Waals surface area (Å²) in [5.41, 5.74) is 4.81. The van der Waals surface area contributed by atoms with E-state index in [1.165, 1.54) is 19.1 Å². The van der Waals surface area contributed by atoms with Gasteiger partial charge in [-0.05, 0) is 37.6 Å². The third kappa shape index (κ3) is 4.57. The fourth-order valence-corrected chi connectivity index (χ4v) is 1.28. The van der Waals surface area contributed by atoms with E-state index in [-0.39, 0.29) is 22.4 Å². The Morgan fingerprint density at radius 1 is 1.26 bits per heavy atom. The predicted molar refractivity (Wildman–Crippen MR) is 69.3 cm³/mol. The summed E-state index contributed by atoms with van der Waals surface area (Å²) in [7, 11) is 0. The highest BCUT2D eigenvalue weighted by Crippen LogP contribution is 2.24. The van der Waals surface area contributed by atoms with Gasteiger partial charge in [0.15, 0.2) is 5.75 Å². The number of nitrogens with two attached hydrogens (primary N) is 2. The van der Waals surface area contributed by atoms with Crippen molar-refractivity contribution in [2.24, 2.45) is 11.6 Å². The molecule has 19 heavy (non-hydrogen) atoms. The average Bonchev–Trinajstić information content (AvgIpc) is 2.37. The Labute approximate surface area is 110 Å². The molecule has 0 amide bonds. The summed E-state index contributed by atoms with van der Waals surface area (Å²) < 4.78 is 0. The molecule has 0 bridgehead atoms. The lowest BCUT2D eigenvalue weighted by Crippen LogP contribution is -2.12. The second kappa shape index (κ2) is 8.06. The van der Waals surface area contributed by atoms with E-state index in [0.717, 1.165) is 13.0 Å². The van der Waals surface area contributed by atoms with Gasteiger partial charge in [-0.1, -0.05) is 6.92 Å². The van der Waals surface area contributed by atoms with Gasteiger partial charge in [0.05, 0.1) is 5.56 Å². The van der Waals surface area contributed by atoms with Gasteiger partial charge in [0.2, 0.25) is 0 Å². The highest BCUT2D eigenvalue weighted by atomic mass is 16.6. The molecule has 0 radical (unpaired) electrons. The molecule has 0 aromatic heterocycles. The number of carboxylic acids is 2. The van der Waals surface area contributed by atoms with Crippen molar-refractivity contribution in [2.45, 2.75) is 20.3 Å². The van der Waals surface area contributed by atoms with Crippen LogP contribution in [0.15, 0.2) is 12.1 Å². The highest BCUT2D eigenvalue weighted by Gasteiger charge is 2.20. The molecule has 0 unspecified atom stereocenters. The SMILES string of the molecule is CCCN.Cc1c(C(=O)O)ccc(ON)c1C(=O)O. The van der Waals surface area contributed by atoms with Gasteiger partial charge < -0.3 is 20.8 Å². The van der Waals surface area contributed by atoms with E-state index < -0.39 is 11.9 Å². The van der Waals surface area contributed by atoms with Crippen LogP contribution in [0.3, 0.4) is 0 Å². The first-order chi connectivity index (χ1) is 8.90. The lowest BCUT2D eigenvalue weighted by molar-refractivity contribution is 0.0691. The lowest BCUT2D eigenvalue weighted by atomic mass is 10.0. The first-order valence-electron chi connectivity index (χ1n) is 5.57. The van der Waals surface area contributed by atoms with Crippen LogP contribution in [0.1, 0.15) is 39.6 Å². The van der Waals surface area contributed by atoms with Crippen molar-refractivity contribution >= 4 is 11.9 Å². The van der Waals surface area contributed by atoms with Crippen molar-refractivity contribution in [2.75, 3.05) is 6.54 Å². The fraction of sp³-hybridized carbons (Fsp3) is 0.333. The number of carboxylic acid groups (broad SMARTS) is 2. The minimum absolute atomic E-state index is 0.0648. The van der Waals surface area contributed by atoms with Gasteiger partial charge in [0, 0.05) is 0 Å². The summed E-state index contributed by atoms with van der Waals surface area (Å²) in [5.74, 6) is 2.33. The molecular formula is C12H18N2O5. The van der Waals surface area contributed by atoms with E-state index in [2.05, 4.69) is 11.8 Å². The molecule has 0 atom stereocenters. The molecule has 0 aliphatic rings. The second-order valence-electron chi connectivity index (χ2n) is 3.63. The molecule has 0 spiro atoms. The van der Waals surface area contributed by atoms with Crippen molar-refractivity contribution < 1.29 is 24.6 Å². The maximum absolute atomic E-state index is 10.8. The fourth-order valence-electron chi connectivity index (χ4n) is 1.28. The number of hydrogen-bond donors (Lipinski definition) is 4. The molecule has 6 N–H and O–H groups in total. The molecule has 7 nitrogen and oxygen atoms in total. The Bertz CT molecular complexity index is 458. The summed E-state index contributed by atoms with van der Waals surface area (Å²) in [4.78, 5) is 25.9. The number of rotatable bonds is 4. The van der Waals surface area contributed by atoms with Crippen molar-refractivity contribution in [3.63, 3.8) is 0 Å². The van der Waals surface area contributed by atoms with Crippen LogP contribution in [-0.4, -0.2) is 28.7 Å². The maximum Gasteiger partial charge on any atom is 0.339 e. The van der Waals surface area contributed by atoms with Gasteiger partial charge in [0.25, 0.3) is 0 Å². The average molecular weight is 270 g/mol. The number of benzene rings is 1. The number of carbonyl (C=O) groups is 2. The zero-order chi connectivity index (χ0) is 15.0. The maximum atomic E-state index is 10.8. The Morgan fingerprint density at radius 2 is 1.79 bits per heavy atom. The minimum atomic E-state index is -1.28. The van der Waals surface area contributed by atoms with Gasteiger partial charge in [-0.25, -0.2) is 9.59 Å². The Hall–Kier alpha value is -2.12. The van der Waals surface area contributed by atoms with Gasteiger partial charge in [-0.15, -0.1) is 0 Å². The molecule has 1 aromatic rings. The van der Waals surface area contributed by atoms with E-state index in [1.807, 2.05) is 0 Å². The monoisotopic (exact) mass is 270 g/mol. The third-order valence-electron chi connectivity index (χ3n) is 2.29. The summed E-state index contributed by atoms with van der Waals surface area (Å²) in [5, 5.41) is 17.6. The molecule has 1 rings (SSSR count). The molecule has 0 heterocycles. The molecule has 0 aliphatic heterocycles. The smallest absolute Gasteiger partial charge is 0.339 e. The highest BCUT2D eigenvalue weighted by molar-refractivity contribution is 5.98. The third-order valence-corrected chi connectivity index (χ3v) is 2.29. The minimum Gasteiger partial charge on any atom is -0.478 e. The summed E-state index contributed by atoms with van der Waals surface area (Å²) in [6.07, 6.45) is 1.10. The van der Waals surface area contributed by atoms with Crippen molar-refractivity contribution in [3.8, 4) is 5.75 Å². The van der Waals surface area contributed by atoms with Crippen LogP contribution >= 0.6 is 0 Å². The van der Waals surface area contributed by atoms with Crippen molar-refractivity contribution in [3.05, 3.63) is 28.8 Å². The Morgan fingerprint density at radius 3 is 2.11 bits per heavy atom. The number of hydrogen-bond acceptors (Lipinski definition) is 5. The topological polar surface area (TPSA) is 136 Å². The van der Waals surface area contributed by atoms with Crippen LogP contribution in [0.25, 0.3) is 0 Å². The molecule has 0 aliphatic carbocycles. The van der Waals surface area contributed by atoms with E-state index >= 15 is 0 Å². The standard InChI is InChI=1S/C9H9NO5.C3H9N/c1-4-5(8(11)12)2-3-6(15-10)7(4)9(13)14;1-2-3-4/h2-3H,10H2,1H3,(H,11,12)(H,13,14);2-4H2,1H3. The quantitative estimate of drug-likeness (QED) is 0.599. The van der Waals surface area contributed by atoms with E-state index in [9.17, 15) is 9.59 Å². The van der Waals surface area contributed by atoms with Crippen molar-refractivity contribution in [1.29, 1.82) is 0 Å². The van der Waals surface area contributed by atoms with Gasteiger partial charge in [-0.3, -0.25) is 0 Å². The predicted octanol–water partition coefficient (Wildman–Crippen LogP) is 0.999. The largest absolute Gasteiger partial charge is 0.478 e. The van der Waals surface area contributed by atoms with Crippen LogP contribution in [0.2, 0.25) is 0 Å². The molecule has 7 heteroatoms. The van der Waals surface area contributed by atoms with Gasteiger partial charge >= 0.3 is 11.9 Å². The summed E-state index contributed by atoms with van der Waals surface area (Å²) >= 11 is 0. The Kier molecular flexibility index (Phi) is 7.16. The van der Waals surface area contributed by atoms with Crippen LogP contribution in [-0.2, 0) is 0 Å². The van der Waals surface area contributed by atoms with Gasteiger partial charge in [0.1, 0.15) is 5.56 Å². The van der Waals surface area contributed by atoms with Crippen molar-refractivity contribution in [1.82, 2.24) is 0 Å². The zero-order valence-electron chi connectivity index (χ0n) is 10.8. The first-order valence-corrected chi connectivity index (χ1v) is 5.57. The Balaban J connectivity index is 0.000000711. The normalized spacial score (nSPS) is 9.26. The van der Waals surface area contributed by atoms with E-state index in [4.69, 9.17) is 21.8 Å². The molecule has 0 fully saturated rings. The molecule has 106 valence electrons. The zero-order valence-corrected chi connectivity index (χ0v) is 10.8. The van der Waals surface area contributed by atoms with Crippen LogP contribution in [0.4, 0.5) is 0 Å². The first kappa shape index (κ1) is 16.9. The molecule has 0 saturated heterocycles.